The van der Waals surface area contributed by atoms with Crippen LogP contribution >= 0.6 is 0 Å². The first-order valence-electron chi connectivity index (χ1n) is 6.08. The molecule has 0 bridgehead atoms. The number of aliphatic hydroxyl groups is 1. The van der Waals surface area contributed by atoms with Gasteiger partial charge in [-0.2, -0.15) is 0 Å². The van der Waals surface area contributed by atoms with Crippen molar-refractivity contribution in [2.45, 2.75) is 45.8 Å². The van der Waals surface area contributed by atoms with Crippen LogP contribution in [0.2, 0.25) is 0 Å². The Morgan fingerprint density at radius 2 is 2.25 bits per heavy atom. The molecule has 1 saturated heterocycles. The first-order chi connectivity index (χ1) is 7.50. The van der Waals surface area contributed by atoms with Gasteiger partial charge in [-0.15, -0.1) is 0 Å². The molecule has 0 spiro atoms. The van der Waals surface area contributed by atoms with Crippen molar-refractivity contribution in [3.05, 3.63) is 0 Å². The molecule has 2 N–H and O–H groups in total. The monoisotopic (exact) mass is 229 g/mol. The van der Waals surface area contributed by atoms with Crippen LogP contribution in [0.25, 0.3) is 0 Å². The van der Waals surface area contributed by atoms with Gasteiger partial charge in [0.05, 0.1) is 18.1 Å². The maximum Gasteiger partial charge on any atom is 0.225 e. The third-order valence-electron chi connectivity index (χ3n) is 3.08. The van der Waals surface area contributed by atoms with Crippen molar-refractivity contribution < 1.29 is 14.6 Å². The van der Waals surface area contributed by atoms with Gasteiger partial charge in [0.2, 0.25) is 5.91 Å². The molecule has 1 aliphatic heterocycles. The number of carbonyl (C=O) groups is 1. The van der Waals surface area contributed by atoms with Crippen molar-refractivity contribution in [2.75, 3.05) is 13.2 Å². The predicted molar refractivity (Wildman–Crippen MR) is 62.0 cm³/mol. The smallest absolute Gasteiger partial charge is 0.225 e. The first-order valence-corrected chi connectivity index (χ1v) is 6.08. The Kier molecular flexibility index (Phi) is 5.22. The van der Waals surface area contributed by atoms with E-state index in [1.165, 1.54) is 0 Å². The molecule has 4 nitrogen and oxygen atoms in total. The molecule has 0 aromatic heterocycles. The second kappa shape index (κ2) is 6.21. The van der Waals surface area contributed by atoms with Crippen molar-refractivity contribution in [1.82, 2.24) is 5.32 Å². The van der Waals surface area contributed by atoms with Crippen molar-refractivity contribution in [1.29, 1.82) is 0 Å². The van der Waals surface area contributed by atoms with Crippen LogP contribution in [-0.4, -0.2) is 36.4 Å². The summed E-state index contributed by atoms with van der Waals surface area (Å²) in [6.07, 6.45) is 1.27. The summed E-state index contributed by atoms with van der Waals surface area (Å²) >= 11 is 0. The molecule has 1 amide bonds. The van der Waals surface area contributed by atoms with E-state index in [1.807, 2.05) is 13.8 Å². The van der Waals surface area contributed by atoms with Gasteiger partial charge in [-0.25, -0.2) is 0 Å². The van der Waals surface area contributed by atoms with Gasteiger partial charge in [0.1, 0.15) is 0 Å². The van der Waals surface area contributed by atoms with Gasteiger partial charge < -0.3 is 15.2 Å². The lowest BCUT2D eigenvalue weighted by molar-refractivity contribution is -0.126. The van der Waals surface area contributed by atoms with E-state index in [0.29, 0.717) is 19.1 Å². The van der Waals surface area contributed by atoms with Gasteiger partial charge in [-0.3, -0.25) is 4.79 Å². The summed E-state index contributed by atoms with van der Waals surface area (Å²) in [7, 11) is 0. The van der Waals surface area contributed by atoms with E-state index in [1.54, 1.807) is 6.92 Å². The van der Waals surface area contributed by atoms with E-state index in [0.717, 1.165) is 12.8 Å². The lowest BCUT2D eigenvalue weighted by Crippen LogP contribution is -2.37. The molecule has 1 rings (SSSR count). The van der Waals surface area contributed by atoms with Crippen LogP contribution in [0.1, 0.15) is 33.6 Å². The Labute approximate surface area is 97.4 Å². The Morgan fingerprint density at radius 3 is 2.75 bits per heavy atom. The number of rotatable bonds is 5. The highest BCUT2D eigenvalue weighted by molar-refractivity contribution is 5.79. The standard InChI is InChI=1S/C12H23NO3/c1-8(6-9(2)14)7-13-12(15)11-4-5-16-10(11)3/h8-11,14H,4-7H2,1-3H3,(H,13,15). The molecule has 1 heterocycles. The molecule has 0 aliphatic carbocycles. The van der Waals surface area contributed by atoms with Crippen molar-refractivity contribution >= 4 is 5.91 Å². The number of nitrogens with one attached hydrogen (secondary N) is 1. The van der Waals surface area contributed by atoms with Crippen molar-refractivity contribution in [2.24, 2.45) is 11.8 Å². The van der Waals surface area contributed by atoms with E-state index < -0.39 is 0 Å². The highest BCUT2D eigenvalue weighted by atomic mass is 16.5. The zero-order valence-electron chi connectivity index (χ0n) is 10.4. The van der Waals surface area contributed by atoms with Gasteiger partial charge in [-0.1, -0.05) is 6.92 Å². The topological polar surface area (TPSA) is 58.6 Å². The number of carbonyl (C=O) groups excluding carboxylic acids is 1. The van der Waals surface area contributed by atoms with Crippen molar-refractivity contribution in [3.63, 3.8) is 0 Å². The third kappa shape index (κ3) is 4.10. The third-order valence-corrected chi connectivity index (χ3v) is 3.08. The van der Waals surface area contributed by atoms with Crippen LogP contribution in [0.15, 0.2) is 0 Å². The SMILES string of the molecule is CC(O)CC(C)CNC(=O)C1CCOC1C. The van der Waals surface area contributed by atoms with E-state index >= 15 is 0 Å². The summed E-state index contributed by atoms with van der Waals surface area (Å²) in [5.74, 6) is 0.391. The maximum atomic E-state index is 11.8. The molecule has 16 heavy (non-hydrogen) atoms. The zero-order valence-corrected chi connectivity index (χ0v) is 10.4. The van der Waals surface area contributed by atoms with Gasteiger partial charge in [0.25, 0.3) is 0 Å². The lowest BCUT2D eigenvalue weighted by Gasteiger charge is -2.17. The van der Waals surface area contributed by atoms with Crippen LogP contribution in [-0.2, 0) is 9.53 Å². The molecule has 1 fully saturated rings. The molecule has 4 heteroatoms. The molecule has 0 radical (unpaired) electrons. The number of hydrogen-bond donors (Lipinski definition) is 2. The second-order valence-corrected chi connectivity index (χ2v) is 4.91. The normalized spacial score (nSPS) is 28.8. The fourth-order valence-corrected chi connectivity index (χ4v) is 2.15. The number of hydrogen-bond acceptors (Lipinski definition) is 3. The molecular formula is C12H23NO3. The molecule has 94 valence electrons. The number of ether oxygens (including phenoxy) is 1. The number of amides is 1. The molecule has 0 aromatic rings. The minimum atomic E-state index is -0.305. The van der Waals surface area contributed by atoms with Crippen LogP contribution in [0.5, 0.6) is 0 Å². The average molecular weight is 229 g/mol. The van der Waals surface area contributed by atoms with E-state index in [9.17, 15) is 9.90 Å². The maximum absolute atomic E-state index is 11.8. The summed E-state index contributed by atoms with van der Waals surface area (Å²) < 4.78 is 5.36. The second-order valence-electron chi connectivity index (χ2n) is 4.91. The highest BCUT2D eigenvalue weighted by Crippen LogP contribution is 2.20. The Morgan fingerprint density at radius 1 is 1.56 bits per heavy atom. The number of aliphatic hydroxyl groups excluding tert-OH is 1. The first kappa shape index (κ1) is 13.5. The summed E-state index contributed by atoms with van der Waals surface area (Å²) in [6.45, 7) is 7.05. The van der Waals surface area contributed by atoms with E-state index in [-0.39, 0.29) is 24.0 Å². The molecule has 4 atom stereocenters. The molecule has 0 aromatic carbocycles. The molecule has 1 aliphatic rings. The minimum Gasteiger partial charge on any atom is -0.393 e. The van der Waals surface area contributed by atoms with E-state index in [2.05, 4.69) is 5.32 Å². The van der Waals surface area contributed by atoms with Crippen LogP contribution in [0.3, 0.4) is 0 Å². The Balaban J connectivity index is 2.24. The largest absolute Gasteiger partial charge is 0.393 e. The quantitative estimate of drug-likeness (QED) is 0.737. The lowest BCUT2D eigenvalue weighted by atomic mass is 10.0. The van der Waals surface area contributed by atoms with Gasteiger partial charge in [0.15, 0.2) is 0 Å². The zero-order chi connectivity index (χ0) is 12.1. The minimum absolute atomic E-state index is 0.00116. The summed E-state index contributed by atoms with van der Waals surface area (Å²) in [4.78, 5) is 11.8. The predicted octanol–water partition coefficient (Wildman–Crippen LogP) is 0.935. The van der Waals surface area contributed by atoms with Crippen molar-refractivity contribution in [3.8, 4) is 0 Å². The summed E-state index contributed by atoms with van der Waals surface area (Å²) in [5, 5.41) is 12.1. The fraction of sp³-hybridized carbons (Fsp3) is 0.917. The molecular weight excluding hydrogens is 206 g/mol. The molecule has 0 saturated carbocycles. The average Bonchev–Trinajstić information content (AvgIpc) is 2.60. The fourth-order valence-electron chi connectivity index (χ4n) is 2.15. The Hall–Kier alpha value is -0.610. The van der Waals surface area contributed by atoms with Crippen LogP contribution in [0.4, 0.5) is 0 Å². The molecule has 4 unspecified atom stereocenters. The van der Waals surface area contributed by atoms with Gasteiger partial charge in [0, 0.05) is 13.2 Å². The van der Waals surface area contributed by atoms with Gasteiger partial charge >= 0.3 is 0 Å². The van der Waals surface area contributed by atoms with Crippen LogP contribution in [0, 0.1) is 11.8 Å². The van der Waals surface area contributed by atoms with Gasteiger partial charge in [-0.05, 0) is 32.6 Å². The Bertz CT molecular complexity index is 230. The van der Waals surface area contributed by atoms with E-state index in [4.69, 9.17) is 4.74 Å². The summed E-state index contributed by atoms with van der Waals surface area (Å²) in [5.41, 5.74) is 0. The van der Waals surface area contributed by atoms with Crippen LogP contribution < -0.4 is 5.32 Å². The summed E-state index contributed by atoms with van der Waals surface area (Å²) in [6, 6.07) is 0. The highest BCUT2D eigenvalue weighted by Gasteiger charge is 2.30.